The maximum Gasteiger partial charge on any atom is 0.243 e. The van der Waals surface area contributed by atoms with Crippen molar-refractivity contribution in [2.45, 2.75) is 70.5 Å². The number of anilines is 1. The molecule has 2 aromatic carbocycles. The Kier molecular flexibility index (Phi) is 10.5. The minimum absolute atomic E-state index is 0.0285. The molecule has 1 saturated carbocycles. The maximum atomic E-state index is 13.8. The fraction of sp³-hybridized carbons (Fsp3) is 0.481. The SMILES string of the molecule is CC[C@H](C(=O)NC1CCCC1)N(Cc1ccc(Cl)cc1)C(=O)CCCN(c1ccc(F)c(F)c1)S(C)(=O)=O. The third kappa shape index (κ3) is 8.14. The monoisotopic (exact) mass is 569 g/mol. The van der Waals surface area contributed by atoms with Crippen molar-refractivity contribution < 1.29 is 26.8 Å². The van der Waals surface area contributed by atoms with Crippen LogP contribution in [0, 0.1) is 11.6 Å². The summed E-state index contributed by atoms with van der Waals surface area (Å²) in [5, 5.41) is 3.63. The molecule has 2 amide bonds. The van der Waals surface area contributed by atoms with E-state index in [0.29, 0.717) is 11.4 Å². The van der Waals surface area contributed by atoms with Gasteiger partial charge in [0.15, 0.2) is 11.6 Å². The lowest BCUT2D eigenvalue weighted by atomic mass is 10.1. The van der Waals surface area contributed by atoms with Gasteiger partial charge in [0.05, 0.1) is 11.9 Å². The average molecular weight is 570 g/mol. The molecule has 7 nitrogen and oxygen atoms in total. The molecule has 0 saturated heterocycles. The molecule has 0 bridgehead atoms. The molecule has 208 valence electrons. The lowest BCUT2D eigenvalue weighted by molar-refractivity contribution is -0.141. The van der Waals surface area contributed by atoms with E-state index in [1.165, 1.54) is 11.0 Å². The molecule has 0 spiro atoms. The lowest BCUT2D eigenvalue weighted by Crippen LogP contribution is -2.51. The molecule has 1 aliphatic rings. The van der Waals surface area contributed by atoms with Crippen molar-refractivity contribution in [3.8, 4) is 0 Å². The molecule has 0 heterocycles. The number of hydrogen-bond acceptors (Lipinski definition) is 4. The summed E-state index contributed by atoms with van der Waals surface area (Å²) in [6.45, 7) is 1.91. The van der Waals surface area contributed by atoms with Gasteiger partial charge in [-0.15, -0.1) is 0 Å². The van der Waals surface area contributed by atoms with Crippen molar-refractivity contribution in [3.63, 3.8) is 0 Å². The predicted molar refractivity (Wildman–Crippen MR) is 144 cm³/mol. The fourth-order valence-corrected chi connectivity index (χ4v) is 5.80. The van der Waals surface area contributed by atoms with E-state index < -0.39 is 27.7 Å². The van der Waals surface area contributed by atoms with Crippen LogP contribution in [0.3, 0.4) is 0 Å². The van der Waals surface area contributed by atoms with Gasteiger partial charge in [0, 0.05) is 36.6 Å². The molecule has 1 N–H and O–H groups in total. The Morgan fingerprint density at radius 3 is 2.32 bits per heavy atom. The highest BCUT2D eigenvalue weighted by Gasteiger charge is 2.30. The highest BCUT2D eigenvalue weighted by atomic mass is 35.5. The van der Waals surface area contributed by atoms with Crippen LogP contribution < -0.4 is 9.62 Å². The van der Waals surface area contributed by atoms with Crippen molar-refractivity contribution in [1.29, 1.82) is 0 Å². The zero-order valence-electron chi connectivity index (χ0n) is 21.6. The van der Waals surface area contributed by atoms with Gasteiger partial charge in [-0.2, -0.15) is 0 Å². The molecule has 0 radical (unpaired) electrons. The van der Waals surface area contributed by atoms with Crippen LogP contribution >= 0.6 is 11.6 Å². The standard InChI is InChI=1S/C27H34ClF2N3O4S/c1-3-25(27(35)31-21-7-4-5-8-21)32(18-19-10-12-20(28)13-11-19)26(34)9-6-16-33(38(2,36)37)22-14-15-23(29)24(30)17-22/h10-15,17,21,25H,3-9,16,18H2,1-2H3,(H,31,35)/t25-/m1/s1. The molecule has 0 unspecified atom stereocenters. The Labute approximate surface area is 228 Å². The van der Waals surface area contributed by atoms with Gasteiger partial charge in [0.25, 0.3) is 0 Å². The van der Waals surface area contributed by atoms with Gasteiger partial charge in [0.2, 0.25) is 21.8 Å². The quantitative estimate of drug-likeness (QED) is 0.388. The van der Waals surface area contributed by atoms with Gasteiger partial charge in [-0.05, 0) is 55.5 Å². The van der Waals surface area contributed by atoms with Crippen LogP contribution in [0.15, 0.2) is 42.5 Å². The van der Waals surface area contributed by atoms with Crippen molar-refractivity contribution in [2.75, 3.05) is 17.1 Å². The molecule has 2 aromatic rings. The third-order valence-corrected chi connectivity index (χ3v) is 8.14. The Morgan fingerprint density at radius 2 is 1.74 bits per heavy atom. The zero-order chi connectivity index (χ0) is 27.9. The van der Waals surface area contributed by atoms with Gasteiger partial charge in [-0.25, -0.2) is 17.2 Å². The fourth-order valence-electron chi connectivity index (χ4n) is 4.72. The summed E-state index contributed by atoms with van der Waals surface area (Å²) < 4.78 is 52.8. The number of nitrogens with one attached hydrogen (secondary N) is 1. The number of rotatable bonds is 12. The Bertz CT molecular complexity index is 1220. The summed E-state index contributed by atoms with van der Waals surface area (Å²) in [7, 11) is -3.82. The molecule has 0 aromatic heterocycles. The number of carbonyl (C=O) groups is 2. The van der Waals surface area contributed by atoms with E-state index in [4.69, 9.17) is 11.6 Å². The molecular formula is C27H34ClF2N3O4S. The third-order valence-electron chi connectivity index (χ3n) is 6.70. The van der Waals surface area contributed by atoms with Crippen LogP contribution in [0.1, 0.15) is 57.4 Å². The van der Waals surface area contributed by atoms with E-state index in [1.54, 1.807) is 24.3 Å². The average Bonchev–Trinajstić information content (AvgIpc) is 3.37. The molecular weight excluding hydrogens is 536 g/mol. The van der Waals surface area contributed by atoms with E-state index in [2.05, 4.69) is 5.32 Å². The van der Waals surface area contributed by atoms with E-state index in [1.807, 2.05) is 6.92 Å². The summed E-state index contributed by atoms with van der Waals surface area (Å²) in [5.41, 5.74) is 0.772. The smallest absolute Gasteiger partial charge is 0.243 e. The molecule has 38 heavy (non-hydrogen) atoms. The number of hydrogen-bond donors (Lipinski definition) is 1. The first-order valence-electron chi connectivity index (χ1n) is 12.8. The van der Waals surface area contributed by atoms with Crippen molar-refractivity contribution >= 4 is 39.1 Å². The van der Waals surface area contributed by atoms with Gasteiger partial charge in [-0.3, -0.25) is 13.9 Å². The Balaban J connectivity index is 1.76. The van der Waals surface area contributed by atoms with E-state index >= 15 is 0 Å². The Hall–Kier alpha value is -2.72. The van der Waals surface area contributed by atoms with Crippen LogP contribution in [0.2, 0.25) is 5.02 Å². The summed E-state index contributed by atoms with van der Waals surface area (Å²) in [4.78, 5) is 28.2. The van der Waals surface area contributed by atoms with E-state index in [-0.39, 0.29) is 49.5 Å². The molecule has 1 atom stereocenters. The summed E-state index contributed by atoms with van der Waals surface area (Å²) in [5.74, 6) is -2.77. The molecule has 0 aliphatic heterocycles. The number of amides is 2. The summed E-state index contributed by atoms with van der Waals surface area (Å²) in [6.07, 6.45) is 5.38. The number of benzene rings is 2. The topological polar surface area (TPSA) is 86.8 Å². The van der Waals surface area contributed by atoms with Gasteiger partial charge in [-0.1, -0.05) is 43.5 Å². The van der Waals surface area contributed by atoms with Crippen LogP contribution in [-0.2, 0) is 26.2 Å². The maximum absolute atomic E-state index is 13.8. The second-order valence-corrected chi connectivity index (χ2v) is 11.9. The predicted octanol–water partition coefficient (Wildman–Crippen LogP) is 5.03. The van der Waals surface area contributed by atoms with Crippen molar-refractivity contribution in [1.82, 2.24) is 10.2 Å². The highest BCUT2D eigenvalue weighted by Crippen LogP contribution is 2.23. The van der Waals surface area contributed by atoms with Crippen LogP contribution in [0.5, 0.6) is 0 Å². The number of carbonyl (C=O) groups excluding carboxylic acids is 2. The Morgan fingerprint density at radius 1 is 1.08 bits per heavy atom. The second-order valence-electron chi connectivity index (χ2n) is 9.60. The highest BCUT2D eigenvalue weighted by molar-refractivity contribution is 7.92. The summed E-state index contributed by atoms with van der Waals surface area (Å²) >= 11 is 6.01. The minimum atomic E-state index is -3.82. The largest absolute Gasteiger partial charge is 0.352 e. The summed E-state index contributed by atoms with van der Waals surface area (Å²) in [6, 6.07) is 9.25. The molecule has 1 aliphatic carbocycles. The van der Waals surface area contributed by atoms with Gasteiger partial charge < -0.3 is 10.2 Å². The van der Waals surface area contributed by atoms with Crippen LogP contribution in [0.4, 0.5) is 14.5 Å². The first kappa shape index (κ1) is 29.8. The lowest BCUT2D eigenvalue weighted by Gasteiger charge is -2.32. The first-order valence-corrected chi connectivity index (χ1v) is 15.0. The minimum Gasteiger partial charge on any atom is -0.352 e. The normalized spacial score (nSPS) is 14.8. The van der Waals surface area contributed by atoms with Crippen LogP contribution in [0.25, 0.3) is 0 Å². The van der Waals surface area contributed by atoms with Crippen LogP contribution in [-0.4, -0.2) is 50.0 Å². The van der Waals surface area contributed by atoms with Gasteiger partial charge in [0.1, 0.15) is 6.04 Å². The zero-order valence-corrected chi connectivity index (χ0v) is 23.2. The van der Waals surface area contributed by atoms with Gasteiger partial charge >= 0.3 is 0 Å². The molecule has 11 heteroatoms. The first-order chi connectivity index (χ1) is 18.0. The molecule has 3 rings (SSSR count). The van der Waals surface area contributed by atoms with E-state index in [0.717, 1.165) is 53.9 Å². The number of nitrogens with zero attached hydrogens (tertiary/aromatic N) is 2. The molecule has 1 fully saturated rings. The van der Waals surface area contributed by atoms with E-state index in [9.17, 15) is 26.8 Å². The van der Waals surface area contributed by atoms with Crippen molar-refractivity contribution in [3.05, 3.63) is 64.7 Å². The number of sulfonamides is 1. The second kappa shape index (κ2) is 13.4. The number of halogens is 3. The van der Waals surface area contributed by atoms with Crippen molar-refractivity contribution in [2.24, 2.45) is 0 Å².